The average molecular weight is 399 g/mol. The van der Waals surface area contributed by atoms with Gasteiger partial charge >= 0.3 is 0 Å². The van der Waals surface area contributed by atoms with Gasteiger partial charge in [0.2, 0.25) is 15.6 Å². The Bertz CT molecular complexity index is 1180. The summed E-state index contributed by atoms with van der Waals surface area (Å²) in [4.78, 5) is 27.5. The number of nitrogens with zero attached hydrogens (tertiary/aromatic N) is 1. The second-order valence-electron chi connectivity index (χ2n) is 6.64. The van der Waals surface area contributed by atoms with Crippen LogP contribution in [0.15, 0.2) is 64.3 Å². The van der Waals surface area contributed by atoms with Gasteiger partial charge in [-0.1, -0.05) is 30.3 Å². The summed E-state index contributed by atoms with van der Waals surface area (Å²) in [5.74, 6) is -0.375. The van der Waals surface area contributed by atoms with Gasteiger partial charge in [-0.25, -0.2) is 12.7 Å². The second-order valence-corrected chi connectivity index (χ2v) is 8.80. The molecule has 146 valence electrons. The van der Waals surface area contributed by atoms with Crippen LogP contribution in [0, 0.1) is 0 Å². The predicted octanol–water partition coefficient (Wildman–Crippen LogP) is 2.27. The van der Waals surface area contributed by atoms with E-state index in [9.17, 15) is 18.0 Å². The first-order valence-corrected chi connectivity index (χ1v) is 10.1. The molecule has 1 aromatic heterocycles. The second kappa shape index (κ2) is 7.57. The van der Waals surface area contributed by atoms with Crippen molar-refractivity contribution in [2.45, 2.75) is 17.9 Å². The van der Waals surface area contributed by atoms with Crippen LogP contribution in [0.3, 0.4) is 0 Å². The number of hydrogen-bond acceptors (Lipinski definition) is 4. The molecule has 0 saturated carbocycles. The SMILES string of the molecule is CC(NC(=O)c1cc(=O)[nH]c2ccccc12)c1ccc(S(=O)(=O)N(C)C)cc1. The monoisotopic (exact) mass is 399 g/mol. The minimum Gasteiger partial charge on any atom is -0.345 e. The van der Waals surface area contributed by atoms with Gasteiger partial charge < -0.3 is 10.3 Å². The van der Waals surface area contributed by atoms with Gasteiger partial charge in [-0.2, -0.15) is 0 Å². The molecule has 1 heterocycles. The van der Waals surface area contributed by atoms with Crippen molar-refractivity contribution in [3.05, 3.63) is 76.1 Å². The topological polar surface area (TPSA) is 99.3 Å². The van der Waals surface area contributed by atoms with E-state index in [1.165, 1.54) is 32.3 Å². The molecule has 2 aromatic carbocycles. The molecule has 0 aliphatic rings. The fourth-order valence-corrected chi connectivity index (χ4v) is 3.79. The molecule has 8 heteroatoms. The molecule has 0 aliphatic heterocycles. The number of H-pyrrole nitrogens is 1. The molecule has 0 fully saturated rings. The summed E-state index contributed by atoms with van der Waals surface area (Å²) < 4.78 is 25.5. The zero-order valence-electron chi connectivity index (χ0n) is 15.8. The molecule has 0 radical (unpaired) electrons. The molecule has 3 rings (SSSR count). The number of amides is 1. The third-order valence-electron chi connectivity index (χ3n) is 4.50. The average Bonchev–Trinajstić information content (AvgIpc) is 2.67. The minimum absolute atomic E-state index is 0.181. The summed E-state index contributed by atoms with van der Waals surface area (Å²) in [6.45, 7) is 1.79. The Kier molecular flexibility index (Phi) is 5.35. The number of pyridine rings is 1. The summed E-state index contributed by atoms with van der Waals surface area (Å²) in [7, 11) is -0.566. The standard InChI is InChI=1S/C20H21N3O4S/c1-13(14-8-10-15(11-9-14)28(26,27)23(2)3)21-20(25)17-12-19(24)22-18-7-5-4-6-16(17)18/h4-13H,1-3H3,(H,21,25)(H,22,24). The quantitative estimate of drug-likeness (QED) is 0.687. The summed E-state index contributed by atoms with van der Waals surface area (Å²) in [6, 6.07) is 14.3. The fraction of sp³-hybridized carbons (Fsp3) is 0.200. The van der Waals surface area contributed by atoms with Crippen LogP contribution >= 0.6 is 0 Å². The first kappa shape index (κ1) is 19.8. The molecule has 1 amide bonds. The Morgan fingerprint density at radius 1 is 1.07 bits per heavy atom. The van der Waals surface area contributed by atoms with Crippen LogP contribution in [-0.4, -0.2) is 37.7 Å². The molecule has 1 atom stereocenters. The summed E-state index contributed by atoms with van der Waals surface area (Å²) in [5, 5.41) is 3.51. The van der Waals surface area contributed by atoms with E-state index < -0.39 is 10.0 Å². The summed E-state index contributed by atoms with van der Waals surface area (Å²) >= 11 is 0. The zero-order chi connectivity index (χ0) is 20.5. The first-order chi connectivity index (χ1) is 13.2. The normalized spacial score (nSPS) is 12.9. The molecule has 0 spiro atoms. The largest absolute Gasteiger partial charge is 0.345 e. The highest BCUT2D eigenvalue weighted by molar-refractivity contribution is 7.89. The van der Waals surface area contributed by atoms with Crippen LogP contribution in [0.1, 0.15) is 28.9 Å². The third kappa shape index (κ3) is 3.83. The lowest BCUT2D eigenvalue weighted by molar-refractivity contribution is 0.0941. The van der Waals surface area contributed by atoms with Gasteiger partial charge in [0.05, 0.1) is 16.5 Å². The molecule has 2 N–H and O–H groups in total. The number of sulfonamides is 1. The summed E-state index contributed by atoms with van der Waals surface area (Å²) in [6.07, 6.45) is 0. The highest BCUT2D eigenvalue weighted by atomic mass is 32.2. The van der Waals surface area contributed by atoms with E-state index in [1.54, 1.807) is 43.3 Å². The molecule has 1 unspecified atom stereocenters. The number of benzene rings is 2. The van der Waals surface area contributed by atoms with Gasteiger partial charge in [0.25, 0.3) is 5.91 Å². The van der Waals surface area contributed by atoms with Gasteiger partial charge in [0.1, 0.15) is 0 Å². The maximum atomic E-state index is 12.7. The molecule has 0 saturated heterocycles. The number of carbonyl (C=O) groups excluding carboxylic acids is 1. The van der Waals surface area contributed by atoms with Gasteiger partial charge in [0.15, 0.2) is 0 Å². The molecular weight excluding hydrogens is 378 g/mol. The molecule has 7 nitrogen and oxygen atoms in total. The van der Waals surface area contributed by atoms with Crippen LogP contribution in [0.2, 0.25) is 0 Å². The number of para-hydroxylation sites is 1. The van der Waals surface area contributed by atoms with Crippen LogP contribution in [0.5, 0.6) is 0 Å². The highest BCUT2D eigenvalue weighted by Crippen LogP contribution is 2.20. The van der Waals surface area contributed by atoms with Gasteiger partial charge in [-0.05, 0) is 30.7 Å². The van der Waals surface area contributed by atoms with E-state index in [1.807, 2.05) is 0 Å². The van der Waals surface area contributed by atoms with Crippen LogP contribution in [0.25, 0.3) is 10.9 Å². The maximum Gasteiger partial charge on any atom is 0.252 e. The number of aromatic nitrogens is 1. The first-order valence-electron chi connectivity index (χ1n) is 8.65. The molecule has 3 aromatic rings. The van der Waals surface area contributed by atoms with E-state index in [2.05, 4.69) is 10.3 Å². The lowest BCUT2D eigenvalue weighted by Crippen LogP contribution is -2.28. The fourth-order valence-electron chi connectivity index (χ4n) is 2.89. The van der Waals surface area contributed by atoms with Gasteiger partial charge in [-0.3, -0.25) is 9.59 Å². The Labute approximate surface area is 163 Å². The lowest BCUT2D eigenvalue weighted by Gasteiger charge is -2.16. The van der Waals surface area contributed by atoms with Crippen molar-refractivity contribution in [3.8, 4) is 0 Å². The van der Waals surface area contributed by atoms with Crippen molar-refractivity contribution in [2.24, 2.45) is 0 Å². The zero-order valence-corrected chi connectivity index (χ0v) is 16.6. The van der Waals surface area contributed by atoms with E-state index in [-0.39, 0.29) is 28.0 Å². The smallest absolute Gasteiger partial charge is 0.252 e. The van der Waals surface area contributed by atoms with Crippen molar-refractivity contribution in [1.82, 2.24) is 14.6 Å². The number of hydrogen-bond donors (Lipinski definition) is 2. The number of aromatic amines is 1. The Morgan fingerprint density at radius 3 is 2.36 bits per heavy atom. The van der Waals surface area contributed by atoms with Crippen molar-refractivity contribution in [3.63, 3.8) is 0 Å². The Hall–Kier alpha value is -2.97. The van der Waals surface area contributed by atoms with E-state index in [0.717, 1.165) is 9.87 Å². The van der Waals surface area contributed by atoms with Crippen molar-refractivity contribution in [2.75, 3.05) is 14.1 Å². The third-order valence-corrected chi connectivity index (χ3v) is 6.33. The van der Waals surface area contributed by atoms with Gasteiger partial charge in [0, 0.05) is 31.1 Å². The molecule has 0 bridgehead atoms. The number of fused-ring (bicyclic) bond motifs is 1. The minimum atomic E-state index is -3.51. The Balaban J connectivity index is 1.85. The van der Waals surface area contributed by atoms with Crippen molar-refractivity contribution < 1.29 is 13.2 Å². The van der Waals surface area contributed by atoms with E-state index in [4.69, 9.17) is 0 Å². The maximum absolute atomic E-state index is 12.7. The lowest BCUT2D eigenvalue weighted by atomic mass is 10.1. The van der Waals surface area contributed by atoms with Gasteiger partial charge in [-0.15, -0.1) is 0 Å². The number of carbonyl (C=O) groups is 1. The number of rotatable bonds is 5. The predicted molar refractivity (Wildman–Crippen MR) is 108 cm³/mol. The molecular formula is C20H21N3O4S. The van der Waals surface area contributed by atoms with E-state index >= 15 is 0 Å². The Morgan fingerprint density at radius 2 is 1.71 bits per heavy atom. The highest BCUT2D eigenvalue weighted by Gasteiger charge is 2.19. The van der Waals surface area contributed by atoms with E-state index in [0.29, 0.717) is 10.9 Å². The van der Waals surface area contributed by atoms with Crippen molar-refractivity contribution in [1.29, 1.82) is 0 Å². The van der Waals surface area contributed by atoms with Crippen LogP contribution in [-0.2, 0) is 10.0 Å². The molecule has 28 heavy (non-hydrogen) atoms. The van der Waals surface area contributed by atoms with Crippen LogP contribution in [0.4, 0.5) is 0 Å². The molecule has 0 aliphatic carbocycles. The number of nitrogens with one attached hydrogen (secondary N) is 2. The van der Waals surface area contributed by atoms with Crippen molar-refractivity contribution >= 4 is 26.8 Å². The van der Waals surface area contributed by atoms with Crippen LogP contribution < -0.4 is 10.9 Å². The summed E-state index contributed by atoms with van der Waals surface area (Å²) in [5.41, 5.74) is 1.28.